The molecule has 5 heteroatoms. The summed E-state index contributed by atoms with van der Waals surface area (Å²) in [7, 11) is 0. The van der Waals surface area contributed by atoms with Crippen molar-refractivity contribution in [2.45, 2.75) is 219 Å². The van der Waals surface area contributed by atoms with Gasteiger partial charge in [0.05, 0.1) is 0 Å². The van der Waals surface area contributed by atoms with Crippen molar-refractivity contribution < 1.29 is 25.2 Å². The topological polar surface area (TPSA) is 98.0 Å². The van der Waals surface area contributed by atoms with E-state index in [2.05, 4.69) is 13.8 Å². The van der Waals surface area contributed by atoms with Crippen molar-refractivity contribution in [1.82, 2.24) is 0 Å². The molecule has 0 radical (unpaired) electrons. The standard InChI is InChI=1S/3C11H22O.C9H18O2/c3*12-10-11-8-6-4-2-1-3-5-7-9-11;1-8(2)6-4-3-5-7-9(10)11/h3*11-12H,1-10H2;8H,3-7H2,1-2H3,(H,10,11). The number of hydrogen-bond acceptors (Lipinski definition) is 4. The molecule has 0 atom stereocenters. The number of unbranched alkanes of at least 4 members (excludes halogenated alkanes) is 2. The summed E-state index contributed by atoms with van der Waals surface area (Å²) in [6.45, 7) is 5.63. The van der Waals surface area contributed by atoms with Crippen molar-refractivity contribution in [2.24, 2.45) is 23.7 Å². The van der Waals surface area contributed by atoms with Gasteiger partial charge in [-0.15, -0.1) is 0 Å². The van der Waals surface area contributed by atoms with Gasteiger partial charge in [-0.05, 0) is 68.6 Å². The van der Waals surface area contributed by atoms with E-state index in [1.54, 1.807) is 0 Å². The number of carbonyl (C=O) groups is 1. The Morgan fingerprint density at radius 1 is 0.447 bits per heavy atom. The van der Waals surface area contributed by atoms with Crippen LogP contribution in [0.15, 0.2) is 0 Å². The van der Waals surface area contributed by atoms with E-state index in [1.165, 1.54) is 186 Å². The molecule has 0 bridgehead atoms. The minimum absolute atomic E-state index is 0.331. The van der Waals surface area contributed by atoms with Gasteiger partial charge in [0, 0.05) is 26.2 Å². The molecule has 4 N–H and O–H groups in total. The van der Waals surface area contributed by atoms with Crippen LogP contribution in [0, 0.1) is 23.7 Å². The number of hydrogen-bond donors (Lipinski definition) is 4. The Hall–Kier alpha value is -0.650. The lowest BCUT2D eigenvalue weighted by Crippen LogP contribution is -2.06. The maximum absolute atomic E-state index is 10.1. The second kappa shape index (κ2) is 36.6. The molecule has 0 aromatic heterocycles. The van der Waals surface area contributed by atoms with Crippen LogP contribution >= 0.6 is 0 Å². The highest BCUT2D eigenvalue weighted by Gasteiger charge is 2.10. The Morgan fingerprint density at radius 2 is 0.702 bits per heavy atom. The average Bonchev–Trinajstić information content (AvgIpc) is 3.08. The summed E-state index contributed by atoms with van der Waals surface area (Å²) in [6, 6.07) is 0. The van der Waals surface area contributed by atoms with E-state index in [4.69, 9.17) is 20.4 Å². The Kier molecular flexibility index (Phi) is 36.1. The van der Waals surface area contributed by atoms with E-state index in [0.29, 0.717) is 44.0 Å². The molecule has 0 heterocycles. The summed E-state index contributed by atoms with van der Waals surface area (Å²) >= 11 is 0. The molecule has 0 amide bonds. The van der Waals surface area contributed by atoms with Crippen LogP contribution < -0.4 is 0 Å². The fourth-order valence-corrected chi connectivity index (χ4v) is 7.24. The molecule has 5 nitrogen and oxygen atoms in total. The predicted molar refractivity (Wildman–Crippen MR) is 202 cm³/mol. The second-order valence-corrected chi connectivity index (χ2v) is 15.7. The van der Waals surface area contributed by atoms with Crippen molar-refractivity contribution >= 4 is 5.97 Å². The van der Waals surface area contributed by atoms with Gasteiger partial charge in [0.1, 0.15) is 0 Å². The van der Waals surface area contributed by atoms with Gasteiger partial charge >= 0.3 is 5.97 Å². The van der Waals surface area contributed by atoms with E-state index < -0.39 is 5.97 Å². The number of aliphatic hydroxyl groups excluding tert-OH is 3. The monoisotopic (exact) mass is 669 g/mol. The van der Waals surface area contributed by atoms with Crippen LogP contribution in [-0.2, 0) is 4.79 Å². The van der Waals surface area contributed by atoms with Crippen molar-refractivity contribution in [2.75, 3.05) is 19.8 Å². The Labute approximate surface area is 293 Å². The molecular weight excluding hydrogens is 584 g/mol. The molecule has 3 rings (SSSR count). The maximum atomic E-state index is 10.1. The summed E-state index contributed by atoms with van der Waals surface area (Å²) in [5, 5.41) is 35.5. The largest absolute Gasteiger partial charge is 0.481 e. The van der Waals surface area contributed by atoms with Gasteiger partial charge in [0.15, 0.2) is 0 Å². The molecular formula is C42H84O5. The van der Waals surface area contributed by atoms with Crippen LogP contribution in [0.2, 0.25) is 0 Å². The van der Waals surface area contributed by atoms with Gasteiger partial charge in [-0.3, -0.25) is 4.79 Å². The van der Waals surface area contributed by atoms with Gasteiger partial charge in [-0.2, -0.15) is 0 Å². The fourth-order valence-electron chi connectivity index (χ4n) is 7.24. The van der Waals surface area contributed by atoms with Gasteiger partial charge in [-0.1, -0.05) is 168 Å². The third-order valence-corrected chi connectivity index (χ3v) is 10.6. The van der Waals surface area contributed by atoms with E-state index >= 15 is 0 Å². The first-order valence-corrected chi connectivity index (χ1v) is 21.0. The summed E-state index contributed by atoms with van der Waals surface area (Å²) < 4.78 is 0. The zero-order valence-electron chi connectivity index (χ0n) is 31.8. The molecule has 3 saturated carbocycles. The van der Waals surface area contributed by atoms with Crippen molar-refractivity contribution in [1.29, 1.82) is 0 Å². The molecule has 3 fully saturated rings. The van der Waals surface area contributed by atoms with Crippen LogP contribution in [0.3, 0.4) is 0 Å². The lowest BCUT2D eigenvalue weighted by Gasteiger charge is -2.15. The maximum Gasteiger partial charge on any atom is 0.303 e. The van der Waals surface area contributed by atoms with Crippen LogP contribution in [0.5, 0.6) is 0 Å². The quantitative estimate of drug-likeness (QED) is 0.183. The van der Waals surface area contributed by atoms with Crippen molar-refractivity contribution in [3.63, 3.8) is 0 Å². The zero-order chi connectivity index (χ0) is 34.6. The number of carboxylic acids is 1. The normalized spacial score (nSPS) is 20.6. The average molecular weight is 669 g/mol. The lowest BCUT2D eigenvalue weighted by molar-refractivity contribution is -0.137. The first-order valence-electron chi connectivity index (χ1n) is 21.0. The Morgan fingerprint density at radius 3 is 0.915 bits per heavy atom. The number of aliphatic carboxylic acids is 1. The molecule has 0 aliphatic heterocycles. The summed E-state index contributed by atoms with van der Waals surface area (Å²) in [5.74, 6) is 1.92. The molecule has 3 aliphatic carbocycles. The summed E-state index contributed by atoms with van der Waals surface area (Å²) in [5.41, 5.74) is 0. The van der Waals surface area contributed by atoms with E-state index in [-0.39, 0.29) is 0 Å². The van der Waals surface area contributed by atoms with Crippen molar-refractivity contribution in [3.05, 3.63) is 0 Å². The first-order chi connectivity index (χ1) is 22.9. The SMILES string of the molecule is CC(C)CCCCCC(=O)O.OCC1CCCCCCCCC1.OCC1CCCCCCCCC1.OCC1CCCCCCCCC1. The first kappa shape index (κ1) is 46.4. The molecule has 282 valence electrons. The van der Waals surface area contributed by atoms with Gasteiger partial charge in [0.25, 0.3) is 0 Å². The zero-order valence-corrected chi connectivity index (χ0v) is 31.8. The van der Waals surface area contributed by atoms with Crippen LogP contribution in [-0.4, -0.2) is 46.2 Å². The molecule has 0 aromatic rings. The van der Waals surface area contributed by atoms with Gasteiger partial charge in [0.2, 0.25) is 0 Å². The predicted octanol–water partition coefficient (Wildman–Crippen LogP) is 12.0. The van der Waals surface area contributed by atoms with Gasteiger partial charge in [-0.25, -0.2) is 0 Å². The molecule has 0 aromatic carbocycles. The second-order valence-electron chi connectivity index (χ2n) is 15.7. The third-order valence-electron chi connectivity index (χ3n) is 10.6. The number of aliphatic hydroxyl groups is 3. The lowest BCUT2D eigenvalue weighted by atomic mass is 9.93. The molecule has 0 saturated heterocycles. The highest BCUT2D eigenvalue weighted by molar-refractivity contribution is 5.66. The van der Waals surface area contributed by atoms with Crippen LogP contribution in [0.4, 0.5) is 0 Å². The van der Waals surface area contributed by atoms with Crippen molar-refractivity contribution in [3.8, 4) is 0 Å². The van der Waals surface area contributed by atoms with Gasteiger partial charge < -0.3 is 20.4 Å². The van der Waals surface area contributed by atoms with E-state index in [9.17, 15) is 4.79 Å². The highest BCUT2D eigenvalue weighted by atomic mass is 16.4. The summed E-state index contributed by atoms with van der Waals surface area (Å²) in [4.78, 5) is 10.1. The fraction of sp³-hybridized carbons (Fsp3) is 0.976. The highest BCUT2D eigenvalue weighted by Crippen LogP contribution is 2.23. The molecule has 0 unspecified atom stereocenters. The molecule has 47 heavy (non-hydrogen) atoms. The minimum Gasteiger partial charge on any atom is -0.481 e. The molecule has 3 aliphatic rings. The number of rotatable bonds is 9. The third kappa shape index (κ3) is 35.0. The number of carboxylic acid groups (broad SMARTS) is 1. The van der Waals surface area contributed by atoms with E-state index in [1.807, 2.05) is 0 Å². The minimum atomic E-state index is -0.672. The molecule has 0 spiro atoms. The summed E-state index contributed by atoms with van der Waals surface area (Å²) in [6.07, 6.45) is 41.3. The van der Waals surface area contributed by atoms with Crippen LogP contribution in [0.1, 0.15) is 219 Å². The Balaban J connectivity index is 0.000000601. The van der Waals surface area contributed by atoms with E-state index in [0.717, 1.165) is 18.8 Å². The Bertz CT molecular complexity index is 532. The smallest absolute Gasteiger partial charge is 0.303 e. The van der Waals surface area contributed by atoms with Crippen LogP contribution in [0.25, 0.3) is 0 Å².